The number of halogens is 1. The highest BCUT2D eigenvalue weighted by atomic mass is 32.2. The molecule has 0 bridgehead atoms. The molecule has 1 amide bonds. The van der Waals surface area contributed by atoms with Gasteiger partial charge in [0.2, 0.25) is 5.91 Å². The number of carbonyl (C=O) groups is 1. The number of benzene rings is 1. The first-order valence-electron chi connectivity index (χ1n) is 7.66. The van der Waals surface area contributed by atoms with Gasteiger partial charge in [0.05, 0.1) is 11.9 Å². The van der Waals surface area contributed by atoms with Crippen LogP contribution in [0.3, 0.4) is 0 Å². The van der Waals surface area contributed by atoms with Crippen LogP contribution in [0.15, 0.2) is 60.7 Å². The number of hydrogen-bond acceptors (Lipinski definition) is 6. The third-order valence-electron chi connectivity index (χ3n) is 3.26. The lowest BCUT2D eigenvalue weighted by atomic mass is 10.3. The van der Waals surface area contributed by atoms with Crippen LogP contribution in [0.1, 0.15) is 0 Å². The number of nitrogens with zero attached hydrogens (tertiary/aromatic N) is 5. The van der Waals surface area contributed by atoms with Crippen LogP contribution >= 0.6 is 11.8 Å². The summed E-state index contributed by atoms with van der Waals surface area (Å²) >= 11 is 1.22. The number of carbonyl (C=O) groups excluding carboxylic acids is 1. The van der Waals surface area contributed by atoms with Crippen LogP contribution in [0.4, 0.5) is 10.1 Å². The Bertz CT molecular complexity index is 915. The van der Waals surface area contributed by atoms with Crippen molar-refractivity contribution in [2.45, 2.75) is 11.7 Å². The molecule has 0 saturated carbocycles. The van der Waals surface area contributed by atoms with E-state index < -0.39 is 5.82 Å². The maximum Gasteiger partial charge on any atom is 0.234 e. The Morgan fingerprint density at radius 3 is 2.96 bits per heavy atom. The molecule has 9 heteroatoms. The number of allylic oxidation sites excluding steroid dienone is 1. The van der Waals surface area contributed by atoms with Gasteiger partial charge in [-0.2, -0.15) is 0 Å². The molecule has 2 heterocycles. The highest BCUT2D eigenvalue weighted by molar-refractivity contribution is 7.99. The first-order chi connectivity index (χ1) is 12.7. The van der Waals surface area contributed by atoms with E-state index in [1.165, 1.54) is 30.0 Å². The van der Waals surface area contributed by atoms with Crippen LogP contribution < -0.4 is 5.32 Å². The highest BCUT2D eigenvalue weighted by Crippen LogP contribution is 2.22. The second-order valence-corrected chi connectivity index (χ2v) is 6.09. The van der Waals surface area contributed by atoms with Gasteiger partial charge in [-0.3, -0.25) is 14.3 Å². The quantitative estimate of drug-likeness (QED) is 0.508. The first kappa shape index (κ1) is 17.7. The van der Waals surface area contributed by atoms with Gasteiger partial charge in [0.15, 0.2) is 11.0 Å². The van der Waals surface area contributed by atoms with Crippen molar-refractivity contribution < 1.29 is 9.18 Å². The molecule has 26 heavy (non-hydrogen) atoms. The van der Waals surface area contributed by atoms with Gasteiger partial charge in [-0.25, -0.2) is 9.37 Å². The molecule has 0 atom stereocenters. The Kier molecular flexibility index (Phi) is 5.69. The minimum Gasteiger partial charge on any atom is -0.325 e. The summed E-state index contributed by atoms with van der Waals surface area (Å²) in [6.45, 7) is 4.20. The van der Waals surface area contributed by atoms with Crippen LogP contribution in [0, 0.1) is 5.82 Å². The number of hydrogen-bond donors (Lipinski definition) is 1. The van der Waals surface area contributed by atoms with Crippen molar-refractivity contribution in [1.82, 2.24) is 24.7 Å². The molecule has 132 valence electrons. The van der Waals surface area contributed by atoms with E-state index >= 15 is 0 Å². The molecule has 0 aliphatic heterocycles. The predicted octanol–water partition coefficient (Wildman–Crippen LogP) is 2.79. The van der Waals surface area contributed by atoms with Gasteiger partial charge in [0, 0.05) is 24.6 Å². The molecule has 1 N–H and O–H groups in total. The summed E-state index contributed by atoms with van der Waals surface area (Å²) < 4.78 is 15.0. The molecule has 0 spiro atoms. The molecule has 0 unspecified atom stereocenters. The van der Waals surface area contributed by atoms with E-state index in [9.17, 15) is 9.18 Å². The molecule has 0 aliphatic rings. The van der Waals surface area contributed by atoms with Crippen molar-refractivity contribution in [2.75, 3.05) is 11.1 Å². The van der Waals surface area contributed by atoms with Crippen molar-refractivity contribution in [2.24, 2.45) is 0 Å². The van der Waals surface area contributed by atoms with Crippen molar-refractivity contribution in [3.05, 3.63) is 61.3 Å². The maximum atomic E-state index is 13.2. The standard InChI is InChI=1S/C17H15FN6OS/c1-2-8-24-16(14-10-19-6-7-20-14)22-23-17(24)26-11-15(25)21-13-5-3-4-12(18)9-13/h2-7,9-10H,1,8,11H2,(H,21,25). The average Bonchev–Trinajstić information content (AvgIpc) is 3.04. The number of amides is 1. The smallest absolute Gasteiger partial charge is 0.234 e. The Hall–Kier alpha value is -3.07. The molecule has 0 saturated heterocycles. The second-order valence-electron chi connectivity index (χ2n) is 5.14. The molecule has 0 aliphatic carbocycles. The molecule has 0 fully saturated rings. The van der Waals surface area contributed by atoms with Gasteiger partial charge >= 0.3 is 0 Å². The Morgan fingerprint density at radius 1 is 1.35 bits per heavy atom. The van der Waals surface area contributed by atoms with Crippen LogP contribution in [0.5, 0.6) is 0 Å². The van der Waals surface area contributed by atoms with E-state index in [0.717, 1.165) is 0 Å². The Labute approximate surface area is 153 Å². The largest absolute Gasteiger partial charge is 0.325 e. The fourth-order valence-corrected chi connectivity index (χ4v) is 2.93. The SMILES string of the molecule is C=CCn1c(SCC(=O)Nc2cccc(F)c2)nnc1-c1cnccn1. The van der Waals surface area contributed by atoms with Gasteiger partial charge in [0.1, 0.15) is 11.5 Å². The second kappa shape index (κ2) is 8.34. The summed E-state index contributed by atoms with van der Waals surface area (Å²) in [7, 11) is 0. The zero-order valence-corrected chi connectivity index (χ0v) is 14.5. The third kappa shape index (κ3) is 4.31. The lowest BCUT2D eigenvalue weighted by Gasteiger charge is -2.07. The molecule has 0 radical (unpaired) electrons. The minimum absolute atomic E-state index is 0.103. The number of rotatable bonds is 7. The van der Waals surface area contributed by atoms with Gasteiger partial charge in [-0.05, 0) is 18.2 Å². The number of thioether (sulfide) groups is 1. The molecule has 3 rings (SSSR count). The zero-order chi connectivity index (χ0) is 18.4. The average molecular weight is 370 g/mol. The number of aromatic nitrogens is 5. The van der Waals surface area contributed by atoms with Crippen molar-refractivity contribution in [1.29, 1.82) is 0 Å². The minimum atomic E-state index is -0.408. The predicted molar refractivity (Wildman–Crippen MR) is 97.0 cm³/mol. The fraction of sp³-hybridized carbons (Fsp3) is 0.118. The van der Waals surface area contributed by atoms with E-state index in [0.29, 0.717) is 28.9 Å². The molecular formula is C17H15FN6OS. The van der Waals surface area contributed by atoms with Crippen LogP contribution in [0.25, 0.3) is 11.5 Å². The Balaban J connectivity index is 1.70. The van der Waals surface area contributed by atoms with Crippen LogP contribution in [-0.4, -0.2) is 36.4 Å². The lowest BCUT2D eigenvalue weighted by Crippen LogP contribution is -2.14. The summed E-state index contributed by atoms with van der Waals surface area (Å²) in [5, 5.41) is 11.5. The van der Waals surface area contributed by atoms with Crippen molar-refractivity contribution in [3.8, 4) is 11.5 Å². The van der Waals surface area contributed by atoms with Crippen molar-refractivity contribution >= 4 is 23.4 Å². The highest BCUT2D eigenvalue weighted by Gasteiger charge is 2.16. The molecule has 3 aromatic rings. The van der Waals surface area contributed by atoms with Crippen molar-refractivity contribution in [3.63, 3.8) is 0 Å². The summed E-state index contributed by atoms with van der Waals surface area (Å²) in [6, 6.07) is 5.73. The topological polar surface area (TPSA) is 85.6 Å². The van der Waals surface area contributed by atoms with Gasteiger partial charge < -0.3 is 5.32 Å². The van der Waals surface area contributed by atoms with Crippen LogP contribution in [-0.2, 0) is 11.3 Å². The lowest BCUT2D eigenvalue weighted by molar-refractivity contribution is -0.113. The fourth-order valence-electron chi connectivity index (χ4n) is 2.19. The monoisotopic (exact) mass is 370 g/mol. The number of anilines is 1. The van der Waals surface area contributed by atoms with Crippen LogP contribution in [0.2, 0.25) is 0 Å². The first-order valence-corrected chi connectivity index (χ1v) is 8.64. The summed E-state index contributed by atoms with van der Waals surface area (Å²) in [5.74, 6) is -0.0256. The summed E-state index contributed by atoms with van der Waals surface area (Å²) in [5.41, 5.74) is 0.987. The summed E-state index contributed by atoms with van der Waals surface area (Å²) in [4.78, 5) is 20.3. The van der Waals surface area contributed by atoms with E-state index in [4.69, 9.17) is 0 Å². The van der Waals surface area contributed by atoms with E-state index in [1.54, 1.807) is 35.3 Å². The summed E-state index contributed by atoms with van der Waals surface area (Å²) in [6.07, 6.45) is 6.44. The van der Waals surface area contributed by atoms with Gasteiger partial charge in [-0.1, -0.05) is 23.9 Å². The van der Waals surface area contributed by atoms with E-state index in [-0.39, 0.29) is 11.7 Å². The number of nitrogens with one attached hydrogen (secondary N) is 1. The zero-order valence-electron chi connectivity index (χ0n) is 13.7. The van der Waals surface area contributed by atoms with E-state index in [2.05, 4.69) is 32.1 Å². The normalized spacial score (nSPS) is 10.5. The Morgan fingerprint density at radius 2 is 2.23 bits per heavy atom. The van der Waals surface area contributed by atoms with Gasteiger partial charge in [0.25, 0.3) is 0 Å². The molecule has 1 aromatic carbocycles. The molecule has 2 aromatic heterocycles. The molecule has 7 nitrogen and oxygen atoms in total. The third-order valence-corrected chi connectivity index (χ3v) is 4.23. The van der Waals surface area contributed by atoms with Gasteiger partial charge in [-0.15, -0.1) is 16.8 Å². The molecular weight excluding hydrogens is 355 g/mol. The maximum absolute atomic E-state index is 13.2. The van der Waals surface area contributed by atoms with E-state index in [1.807, 2.05) is 0 Å².